The van der Waals surface area contributed by atoms with Gasteiger partial charge < -0.3 is 10.1 Å². The van der Waals surface area contributed by atoms with E-state index in [0.717, 1.165) is 5.92 Å². The van der Waals surface area contributed by atoms with Crippen LogP contribution in [0.4, 0.5) is 0 Å². The maximum atomic E-state index is 11.6. The number of hydrogen-bond donors (Lipinski definition) is 1. The molecule has 0 heterocycles. The Morgan fingerprint density at radius 2 is 2.06 bits per heavy atom. The minimum absolute atomic E-state index is 0.236. The van der Waals surface area contributed by atoms with Crippen LogP contribution in [0.2, 0.25) is 0 Å². The first-order chi connectivity index (χ1) is 7.55. The van der Waals surface area contributed by atoms with Gasteiger partial charge in [0.05, 0.1) is 11.5 Å². The van der Waals surface area contributed by atoms with Crippen LogP contribution < -0.4 is 5.32 Å². The summed E-state index contributed by atoms with van der Waals surface area (Å²) in [6, 6.07) is 0.467. The zero-order valence-electron chi connectivity index (χ0n) is 10.2. The van der Waals surface area contributed by atoms with Gasteiger partial charge in [0.2, 0.25) is 0 Å². The molecule has 4 nitrogen and oxygen atoms in total. The van der Waals surface area contributed by atoms with Crippen LogP contribution in [0, 0.1) is 5.92 Å². The zero-order valence-corrected chi connectivity index (χ0v) is 11.1. The Morgan fingerprint density at radius 1 is 1.38 bits per heavy atom. The van der Waals surface area contributed by atoms with E-state index < -0.39 is 9.84 Å². The molecule has 0 aromatic carbocycles. The average Bonchev–Trinajstić information content (AvgIpc) is 3.00. The van der Waals surface area contributed by atoms with Gasteiger partial charge in [0, 0.05) is 26.3 Å². The van der Waals surface area contributed by atoms with Crippen molar-refractivity contribution in [2.24, 2.45) is 5.92 Å². The highest BCUT2D eigenvalue weighted by Gasteiger charge is 2.27. The van der Waals surface area contributed by atoms with Gasteiger partial charge in [-0.05, 0) is 32.1 Å². The molecule has 0 saturated heterocycles. The SMILES string of the molecule is COCCCS(=O)(=O)CCNC(C)C1CC1. The van der Waals surface area contributed by atoms with Gasteiger partial charge in [0.15, 0.2) is 9.84 Å². The van der Waals surface area contributed by atoms with E-state index in [1.165, 1.54) is 12.8 Å². The highest BCUT2D eigenvalue weighted by molar-refractivity contribution is 7.91. The number of ether oxygens (including phenoxy) is 1. The maximum absolute atomic E-state index is 11.6. The summed E-state index contributed by atoms with van der Waals surface area (Å²) in [6.45, 7) is 3.23. The van der Waals surface area contributed by atoms with Gasteiger partial charge in [0.1, 0.15) is 0 Å². The lowest BCUT2D eigenvalue weighted by Crippen LogP contribution is -2.33. The van der Waals surface area contributed by atoms with Crippen LogP contribution in [0.1, 0.15) is 26.2 Å². The first kappa shape index (κ1) is 13.9. The number of hydrogen-bond acceptors (Lipinski definition) is 4. The molecular weight excluding hydrogens is 226 g/mol. The first-order valence-corrected chi connectivity index (χ1v) is 7.80. The number of methoxy groups -OCH3 is 1. The monoisotopic (exact) mass is 249 g/mol. The molecule has 0 spiro atoms. The van der Waals surface area contributed by atoms with E-state index in [0.29, 0.717) is 25.6 Å². The second-order valence-corrected chi connectivity index (χ2v) is 6.88. The Morgan fingerprint density at radius 3 is 2.62 bits per heavy atom. The van der Waals surface area contributed by atoms with Crippen molar-refractivity contribution < 1.29 is 13.2 Å². The van der Waals surface area contributed by atoms with E-state index in [2.05, 4.69) is 12.2 Å². The summed E-state index contributed by atoms with van der Waals surface area (Å²) in [5.74, 6) is 1.25. The normalized spacial score (nSPS) is 18.6. The number of rotatable bonds is 9. The van der Waals surface area contributed by atoms with Crippen molar-refractivity contribution in [3.8, 4) is 0 Å². The molecule has 0 aliphatic heterocycles. The molecule has 16 heavy (non-hydrogen) atoms. The Kier molecular flexibility index (Phi) is 5.72. The summed E-state index contributed by atoms with van der Waals surface area (Å²) >= 11 is 0. The largest absolute Gasteiger partial charge is 0.385 e. The van der Waals surface area contributed by atoms with Gasteiger partial charge in [-0.25, -0.2) is 8.42 Å². The fourth-order valence-corrected chi connectivity index (χ4v) is 2.92. The molecule has 1 unspecified atom stereocenters. The first-order valence-electron chi connectivity index (χ1n) is 5.98. The molecule has 0 bridgehead atoms. The Hall–Kier alpha value is -0.130. The molecule has 1 saturated carbocycles. The summed E-state index contributed by atoms with van der Waals surface area (Å²) in [7, 11) is -1.31. The second kappa shape index (κ2) is 6.57. The predicted molar refractivity (Wildman–Crippen MR) is 65.3 cm³/mol. The van der Waals surface area contributed by atoms with E-state index in [-0.39, 0.29) is 11.5 Å². The standard InChI is InChI=1S/C11H23NO3S/c1-10(11-4-5-11)12-6-9-16(13,14)8-3-7-15-2/h10-12H,3-9H2,1-2H3. The summed E-state index contributed by atoms with van der Waals surface area (Å²) < 4.78 is 28.0. The van der Waals surface area contributed by atoms with Crippen LogP contribution in [0.15, 0.2) is 0 Å². The summed E-state index contributed by atoms with van der Waals surface area (Å²) in [6.07, 6.45) is 3.17. The lowest BCUT2D eigenvalue weighted by Gasteiger charge is -2.12. The van der Waals surface area contributed by atoms with Crippen LogP contribution in [-0.2, 0) is 14.6 Å². The lowest BCUT2D eigenvalue weighted by molar-refractivity contribution is 0.199. The molecule has 1 aliphatic carbocycles. The molecule has 0 radical (unpaired) electrons. The third-order valence-electron chi connectivity index (χ3n) is 3.01. The average molecular weight is 249 g/mol. The van der Waals surface area contributed by atoms with Crippen LogP contribution >= 0.6 is 0 Å². The second-order valence-electron chi connectivity index (χ2n) is 4.58. The van der Waals surface area contributed by atoms with Gasteiger partial charge in [-0.1, -0.05) is 0 Å². The molecule has 1 atom stereocenters. The van der Waals surface area contributed by atoms with E-state index in [4.69, 9.17) is 4.74 Å². The Bertz CT molecular complexity index is 286. The zero-order chi connectivity index (χ0) is 12.0. The molecule has 1 rings (SSSR count). The van der Waals surface area contributed by atoms with Crippen LogP contribution in [0.3, 0.4) is 0 Å². The number of nitrogens with one attached hydrogen (secondary N) is 1. The van der Waals surface area contributed by atoms with Gasteiger partial charge in [-0.3, -0.25) is 0 Å². The van der Waals surface area contributed by atoms with Crippen molar-refractivity contribution in [2.45, 2.75) is 32.2 Å². The van der Waals surface area contributed by atoms with Crippen LogP contribution in [-0.4, -0.2) is 46.2 Å². The minimum Gasteiger partial charge on any atom is -0.385 e. The van der Waals surface area contributed by atoms with Crippen LogP contribution in [0.25, 0.3) is 0 Å². The van der Waals surface area contributed by atoms with Gasteiger partial charge in [-0.2, -0.15) is 0 Å². The molecule has 1 fully saturated rings. The summed E-state index contributed by atoms with van der Waals surface area (Å²) in [5, 5.41) is 3.28. The molecule has 0 aromatic rings. The van der Waals surface area contributed by atoms with E-state index in [1.807, 2.05) is 0 Å². The van der Waals surface area contributed by atoms with Gasteiger partial charge in [0.25, 0.3) is 0 Å². The molecule has 1 aliphatic rings. The van der Waals surface area contributed by atoms with Crippen molar-refractivity contribution in [1.82, 2.24) is 5.32 Å². The van der Waals surface area contributed by atoms with E-state index in [1.54, 1.807) is 7.11 Å². The van der Waals surface area contributed by atoms with Gasteiger partial charge in [-0.15, -0.1) is 0 Å². The van der Waals surface area contributed by atoms with Crippen LogP contribution in [0.5, 0.6) is 0 Å². The molecule has 96 valence electrons. The van der Waals surface area contributed by atoms with Crippen molar-refractivity contribution in [2.75, 3.05) is 31.8 Å². The quantitative estimate of drug-likeness (QED) is 0.615. The molecular formula is C11H23NO3S. The summed E-state index contributed by atoms with van der Waals surface area (Å²) in [4.78, 5) is 0. The third kappa shape index (κ3) is 5.82. The molecule has 5 heteroatoms. The lowest BCUT2D eigenvalue weighted by atomic mass is 10.2. The summed E-state index contributed by atoms with van der Waals surface area (Å²) in [5.41, 5.74) is 0. The Balaban J connectivity index is 2.09. The Labute approximate surface area is 98.7 Å². The van der Waals surface area contributed by atoms with Crippen molar-refractivity contribution in [3.63, 3.8) is 0 Å². The number of sulfone groups is 1. The van der Waals surface area contributed by atoms with Gasteiger partial charge >= 0.3 is 0 Å². The molecule has 0 amide bonds. The van der Waals surface area contributed by atoms with Crippen molar-refractivity contribution in [1.29, 1.82) is 0 Å². The molecule has 0 aromatic heterocycles. The third-order valence-corrected chi connectivity index (χ3v) is 4.75. The van der Waals surface area contributed by atoms with Crippen molar-refractivity contribution >= 4 is 9.84 Å². The fraction of sp³-hybridized carbons (Fsp3) is 1.00. The molecule has 1 N–H and O–H groups in total. The van der Waals surface area contributed by atoms with E-state index in [9.17, 15) is 8.42 Å². The highest BCUT2D eigenvalue weighted by atomic mass is 32.2. The minimum atomic E-state index is -2.90. The fourth-order valence-electron chi connectivity index (χ4n) is 1.73. The smallest absolute Gasteiger partial charge is 0.151 e. The van der Waals surface area contributed by atoms with E-state index >= 15 is 0 Å². The maximum Gasteiger partial charge on any atom is 0.151 e. The highest BCUT2D eigenvalue weighted by Crippen LogP contribution is 2.32. The predicted octanol–water partition coefficient (Wildman–Crippen LogP) is 0.826. The topological polar surface area (TPSA) is 55.4 Å². The van der Waals surface area contributed by atoms with Crippen molar-refractivity contribution in [3.05, 3.63) is 0 Å².